The third-order valence-corrected chi connectivity index (χ3v) is 3.24. The minimum absolute atomic E-state index is 0.202. The molecule has 0 aliphatic carbocycles. The molecule has 18 heavy (non-hydrogen) atoms. The number of benzene rings is 1. The molecule has 0 heterocycles. The van der Waals surface area contributed by atoms with E-state index in [0.717, 1.165) is 5.56 Å². The molecule has 0 bridgehead atoms. The van der Waals surface area contributed by atoms with Crippen molar-refractivity contribution in [2.75, 3.05) is 0 Å². The third-order valence-electron chi connectivity index (χ3n) is 2.36. The van der Waals surface area contributed by atoms with Gasteiger partial charge in [-0.25, -0.2) is 4.39 Å². The number of rotatable bonds is 3. The van der Waals surface area contributed by atoms with E-state index in [2.05, 4.69) is 37.2 Å². The quantitative estimate of drug-likeness (QED) is 0.459. The molecular weight excluding hydrogens is 241 g/mol. The summed E-state index contributed by atoms with van der Waals surface area (Å²) >= 11 is 0. The smallest absolute Gasteiger partial charge is 0.129 e. The van der Waals surface area contributed by atoms with Gasteiger partial charge in [0.15, 0.2) is 0 Å². The van der Waals surface area contributed by atoms with Gasteiger partial charge in [0.2, 0.25) is 0 Å². The van der Waals surface area contributed by atoms with E-state index in [1.54, 1.807) is 12.1 Å². The Bertz CT molecular complexity index is 512. The van der Waals surface area contributed by atoms with E-state index in [1.807, 2.05) is 0 Å². The van der Waals surface area contributed by atoms with Crippen molar-refractivity contribution in [1.29, 1.82) is 5.26 Å². The van der Waals surface area contributed by atoms with Gasteiger partial charge < -0.3 is 0 Å². The highest BCUT2D eigenvalue weighted by atomic mass is 28.3. The van der Waals surface area contributed by atoms with Crippen LogP contribution in [0.25, 0.3) is 0 Å². The Hall–Kier alpha value is -1.58. The number of nitriles is 1. The van der Waals surface area contributed by atoms with Crippen LogP contribution < -0.4 is 0 Å². The molecule has 1 aromatic rings. The van der Waals surface area contributed by atoms with Gasteiger partial charge in [-0.15, -0.1) is 5.54 Å². The first-order valence-corrected chi connectivity index (χ1v) is 9.61. The summed E-state index contributed by atoms with van der Waals surface area (Å²) in [5.41, 5.74) is 4.79. The highest BCUT2D eigenvalue weighted by molar-refractivity contribution is 6.83. The van der Waals surface area contributed by atoms with Crippen LogP contribution in [0.15, 0.2) is 18.2 Å². The molecule has 0 fully saturated rings. The molecule has 1 aromatic carbocycles. The van der Waals surface area contributed by atoms with Crippen molar-refractivity contribution in [3.63, 3.8) is 0 Å². The topological polar surface area (TPSA) is 23.8 Å². The molecule has 0 radical (unpaired) electrons. The molecule has 0 saturated carbocycles. The number of hydrogen-bond donors (Lipinski definition) is 0. The zero-order valence-electron chi connectivity index (χ0n) is 11.2. The molecule has 1 rings (SSSR count). The Labute approximate surface area is 110 Å². The molecule has 0 N–H and O–H groups in total. The standard InChI is InChI=1S/C15H18FNSi/c1-18(2,3)11-9-13-7-8-15(16)14(12-13)6-4-5-10-17/h7-8,12H,4-6H2,1-3H3. The second kappa shape index (κ2) is 6.38. The van der Waals surface area contributed by atoms with Gasteiger partial charge >= 0.3 is 0 Å². The molecule has 0 aliphatic heterocycles. The Balaban J connectivity index is 2.86. The fourth-order valence-corrected chi connectivity index (χ4v) is 1.98. The van der Waals surface area contributed by atoms with Gasteiger partial charge in [0, 0.05) is 12.0 Å². The number of hydrogen-bond acceptors (Lipinski definition) is 1. The van der Waals surface area contributed by atoms with Crippen LogP contribution in [0.5, 0.6) is 0 Å². The normalized spacial score (nSPS) is 10.4. The third kappa shape index (κ3) is 5.16. The maximum Gasteiger partial charge on any atom is 0.129 e. The molecule has 94 valence electrons. The van der Waals surface area contributed by atoms with E-state index in [0.29, 0.717) is 24.8 Å². The lowest BCUT2D eigenvalue weighted by Crippen LogP contribution is -2.16. The van der Waals surface area contributed by atoms with Crippen LogP contribution in [0, 0.1) is 28.6 Å². The average molecular weight is 259 g/mol. The van der Waals surface area contributed by atoms with Crippen molar-refractivity contribution < 1.29 is 4.39 Å². The molecule has 0 saturated heterocycles. The summed E-state index contributed by atoms with van der Waals surface area (Å²) in [6.07, 6.45) is 1.75. The van der Waals surface area contributed by atoms with Gasteiger partial charge in [0.05, 0.1) is 6.07 Å². The van der Waals surface area contributed by atoms with Gasteiger partial charge in [-0.3, -0.25) is 0 Å². The number of unbranched alkanes of at least 4 members (excludes halogenated alkanes) is 1. The largest absolute Gasteiger partial charge is 0.207 e. The minimum Gasteiger partial charge on any atom is -0.207 e. The molecule has 0 aliphatic rings. The first-order valence-electron chi connectivity index (χ1n) is 6.11. The van der Waals surface area contributed by atoms with Crippen LogP contribution in [0.1, 0.15) is 24.0 Å². The fourth-order valence-electron chi connectivity index (χ4n) is 1.46. The van der Waals surface area contributed by atoms with E-state index in [4.69, 9.17) is 5.26 Å². The van der Waals surface area contributed by atoms with Crippen molar-refractivity contribution in [3.05, 3.63) is 35.1 Å². The summed E-state index contributed by atoms with van der Waals surface area (Å²) in [6.45, 7) is 6.53. The van der Waals surface area contributed by atoms with Crippen LogP contribution in [0.2, 0.25) is 19.6 Å². The highest BCUT2D eigenvalue weighted by Crippen LogP contribution is 2.13. The molecular formula is C15H18FNSi. The second-order valence-corrected chi connectivity index (χ2v) is 10.1. The average Bonchev–Trinajstić information content (AvgIpc) is 2.29. The Morgan fingerprint density at radius 1 is 1.28 bits per heavy atom. The fraction of sp³-hybridized carbons (Fsp3) is 0.400. The molecule has 0 spiro atoms. The van der Waals surface area contributed by atoms with Crippen molar-refractivity contribution in [3.8, 4) is 17.5 Å². The Kier molecular flexibility index (Phi) is 5.13. The molecule has 0 amide bonds. The molecule has 3 heteroatoms. The minimum atomic E-state index is -1.40. The van der Waals surface area contributed by atoms with Crippen molar-refractivity contribution in [2.24, 2.45) is 0 Å². The van der Waals surface area contributed by atoms with Crippen LogP contribution in [0.4, 0.5) is 4.39 Å². The Morgan fingerprint density at radius 3 is 2.61 bits per heavy atom. The van der Waals surface area contributed by atoms with E-state index < -0.39 is 8.07 Å². The maximum absolute atomic E-state index is 13.5. The second-order valence-electron chi connectivity index (χ2n) is 5.32. The van der Waals surface area contributed by atoms with E-state index in [-0.39, 0.29) is 5.82 Å². The molecule has 1 nitrogen and oxygen atoms in total. The van der Waals surface area contributed by atoms with Gasteiger partial charge in [0.25, 0.3) is 0 Å². The monoisotopic (exact) mass is 259 g/mol. The molecule has 0 aromatic heterocycles. The summed E-state index contributed by atoms with van der Waals surface area (Å²) in [5.74, 6) is 2.92. The van der Waals surface area contributed by atoms with Gasteiger partial charge in [-0.05, 0) is 36.6 Å². The predicted octanol–water partition coefficient (Wildman–Crippen LogP) is 3.90. The maximum atomic E-state index is 13.5. The van der Waals surface area contributed by atoms with Crippen LogP contribution in [-0.2, 0) is 6.42 Å². The summed E-state index contributed by atoms with van der Waals surface area (Å²) in [4.78, 5) is 0. The number of nitrogens with zero attached hydrogens (tertiary/aromatic N) is 1. The number of aryl methyl sites for hydroxylation is 1. The molecule has 0 atom stereocenters. The lowest BCUT2D eigenvalue weighted by molar-refractivity contribution is 0.605. The lowest BCUT2D eigenvalue weighted by Gasteiger charge is -2.05. The predicted molar refractivity (Wildman–Crippen MR) is 75.2 cm³/mol. The summed E-state index contributed by atoms with van der Waals surface area (Å²) < 4.78 is 13.5. The Morgan fingerprint density at radius 2 is 2.00 bits per heavy atom. The highest BCUT2D eigenvalue weighted by Gasteiger charge is 2.08. The van der Waals surface area contributed by atoms with Crippen molar-refractivity contribution in [2.45, 2.75) is 38.9 Å². The van der Waals surface area contributed by atoms with Crippen molar-refractivity contribution in [1.82, 2.24) is 0 Å². The summed E-state index contributed by atoms with van der Waals surface area (Å²) in [7, 11) is -1.40. The van der Waals surface area contributed by atoms with E-state index in [9.17, 15) is 4.39 Å². The van der Waals surface area contributed by atoms with Gasteiger partial charge in [0.1, 0.15) is 13.9 Å². The first kappa shape index (κ1) is 14.5. The van der Waals surface area contributed by atoms with E-state index in [1.165, 1.54) is 6.07 Å². The number of halogens is 1. The van der Waals surface area contributed by atoms with Gasteiger partial charge in [-0.2, -0.15) is 5.26 Å². The molecule has 0 unspecified atom stereocenters. The van der Waals surface area contributed by atoms with Crippen LogP contribution in [-0.4, -0.2) is 8.07 Å². The van der Waals surface area contributed by atoms with E-state index >= 15 is 0 Å². The lowest BCUT2D eigenvalue weighted by atomic mass is 10.1. The van der Waals surface area contributed by atoms with Crippen LogP contribution >= 0.6 is 0 Å². The van der Waals surface area contributed by atoms with Crippen molar-refractivity contribution >= 4 is 8.07 Å². The summed E-state index contributed by atoms with van der Waals surface area (Å²) in [5, 5.41) is 8.48. The zero-order valence-corrected chi connectivity index (χ0v) is 12.2. The SMILES string of the molecule is C[Si](C)(C)C#Cc1ccc(F)c(CCCC#N)c1. The van der Waals surface area contributed by atoms with Gasteiger partial charge in [-0.1, -0.05) is 25.6 Å². The zero-order chi connectivity index (χ0) is 13.6. The summed E-state index contributed by atoms with van der Waals surface area (Å²) in [6, 6.07) is 7.06. The van der Waals surface area contributed by atoms with Crippen LogP contribution in [0.3, 0.4) is 0 Å². The first-order chi connectivity index (χ1) is 8.42.